The number of carbonyl (C=O) groups excluding carboxylic acids is 1. The molecule has 0 aliphatic carbocycles. The Morgan fingerprint density at radius 3 is 2.42 bits per heavy atom. The van der Waals surface area contributed by atoms with Crippen LogP contribution in [0, 0.1) is 6.92 Å². The Balaban J connectivity index is 2.15. The third kappa shape index (κ3) is 3.13. The van der Waals surface area contributed by atoms with E-state index in [1.54, 1.807) is 6.07 Å². The topological polar surface area (TPSA) is 55.1 Å². The summed E-state index contributed by atoms with van der Waals surface area (Å²) in [5.74, 6) is -0.101. The fourth-order valence-corrected chi connectivity index (χ4v) is 1.91. The second-order valence-corrected chi connectivity index (χ2v) is 4.58. The number of carbonyl (C=O) groups is 1. The Bertz CT molecular complexity index is 588. The van der Waals surface area contributed by atoms with Crippen molar-refractivity contribution in [2.45, 2.75) is 20.3 Å². The van der Waals surface area contributed by atoms with E-state index in [-0.39, 0.29) is 5.91 Å². The highest BCUT2D eigenvalue weighted by Gasteiger charge is 2.07. The molecule has 0 radical (unpaired) electrons. The number of benzene rings is 2. The number of nitrogen functional groups attached to an aromatic ring is 1. The van der Waals surface area contributed by atoms with Gasteiger partial charge in [-0.1, -0.05) is 19.1 Å². The van der Waals surface area contributed by atoms with E-state index in [2.05, 4.69) is 12.2 Å². The molecule has 0 bridgehead atoms. The molecule has 0 unspecified atom stereocenters. The van der Waals surface area contributed by atoms with Gasteiger partial charge in [-0.25, -0.2) is 0 Å². The summed E-state index contributed by atoms with van der Waals surface area (Å²) in [5.41, 5.74) is 10.0. The zero-order chi connectivity index (χ0) is 13.8. The fraction of sp³-hybridized carbons (Fsp3) is 0.188. The van der Waals surface area contributed by atoms with Crippen LogP contribution in [0.1, 0.15) is 28.4 Å². The number of amides is 1. The summed E-state index contributed by atoms with van der Waals surface area (Å²) in [6.45, 7) is 4.01. The highest BCUT2D eigenvalue weighted by atomic mass is 16.1. The zero-order valence-electron chi connectivity index (χ0n) is 11.2. The Hall–Kier alpha value is -2.29. The van der Waals surface area contributed by atoms with Gasteiger partial charge in [0.15, 0.2) is 0 Å². The number of hydrogen-bond acceptors (Lipinski definition) is 2. The molecule has 98 valence electrons. The summed E-state index contributed by atoms with van der Waals surface area (Å²) < 4.78 is 0. The van der Waals surface area contributed by atoms with Crippen molar-refractivity contribution >= 4 is 17.3 Å². The number of anilines is 2. The summed E-state index contributed by atoms with van der Waals surface area (Å²) in [6.07, 6.45) is 0.971. The molecule has 3 nitrogen and oxygen atoms in total. The lowest BCUT2D eigenvalue weighted by Gasteiger charge is -2.09. The minimum atomic E-state index is -0.101. The van der Waals surface area contributed by atoms with Crippen LogP contribution in [0.5, 0.6) is 0 Å². The number of hydrogen-bond donors (Lipinski definition) is 2. The molecule has 0 saturated heterocycles. The largest absolute Gasteiger partial charge is 0.399 e. The van der Waals surface area contributed by atoms with Gasteiger partial charge in [0.2, 0.25) is 0 Å². The quantitative estimate of drug-likeness (QED) is 0.825. The first-order valence-electron chi connectivity index (χ1n) is 6.36. The van der Waals surface area contributed by atoms with Crippen LogP contribution in [0.3, 0.4) is 0 Å². The van der Waals surface area contributed by atoms with E-state index < -0.39 is 0 Å². The Morgan fingerprint density at radius 1 is 1.16 bits per heavy atom. The lowest BCUT2D eigenvalue weighted by Crippen LogP contribution is -2.12. The second-order valence-electron chi connectivity index (χ2n) is 4.58. The van der Waals surface area contributed by atoms with Gasteiger partial charge in [0.05, 0.1) is 0 Å². The molecule has 0 atom stereocenters. The van der Waals surface area contributed by atoms with Gasteiger partial charge in [0, 0.05) is 16.9 Å². The third-order valence-corrected chi connectivity index (χ3v) is 3.12. The third-order valence-electron chi connectivity index (χ3n) is 3.12. The monoisotopic (exact) mass is 254 g/mol. The molecule has 0 heterocycles. The fourth-order valence-electron chi connectivity index (χ4n) is 1.91. The molecule has 19 heavy (non-hydrogen) atoms. The maximum Gasteiger partial charge on any atom is 0.255 e. The molecule has 0 fully saturated rings. The van der Waals surface area contributed by atoms with E-state index >= 15 is 0 Å². The average Bonchev–Trinajstić information content (AvgIpc) is 2.42. The van der Waals surface area contributed by atoms with E-state index in [9.17, 15) is 4.79 Å². The molecule has 0 spiro atoms. The molecular weight excluding hydrogens is 236 g/mol. The van der Waals surface area contributed by atoms with Crippen LogP contribution < -0.4 is 11.1 Å². The first-order chi connectivity index (χ1) is 9.10. The molecule has 2 rings (SSSR count). The molecule has 3 heteroatoms. The summed E-state index contributed by atoms with van der Waals surface area (Å²) in [7, 11) is 0. The summed E-state index contributed by atoms with van der Waals surface area (Å²) in [4.78, 5) is 12.1. The Morgan fingerprint density at radius 2 is 1.84 bits per heavy atom. The van der Waals surface area contributed by atoms with Gasteiger partial charge >= 0.3 is 0 Å². The van der Waals surface area contributed by atoms with Crippen LogP contribution in [0.4, 0.5) is 11.4 Å². The minimum Gasteiger partial charge on any atom is -0.399 e. The van der Waals surface area contributed by atoms with Gasteiger partial charge in [-0.2, -0.15) is 0 Å². The maximum atomic E-state index is 12.1. The highest BCUT2D eigenvalue weighted by molar-refractivity contribution is 6.04. The maximum absolute atomic E-state index is 12.1. The normalized spacial score (nSPS) is 10.2. The Kier molecular flexibility index (Phi) is 3.85. The van der Waals surface area contributed by atoms with Crippen LogP contribution in [-0.2, 0) is 6.42 Å². The van der Waals surface area contributed by atoms with Crippen molar-refractivity contribution in [3.63, 3.8) is 0 Å². The van der Waals surface area contributed by atoms with E-state index in [4.69, 9.17) is 5.73 Å². The van der Waals surface area contributed by atoms with Crippen molar-refractivity contribution < 1.29 is 4.79 Å². The minimum absolute atomic E-state index is 0.101. The molecule has 0 aliphatic rings. The predicted molar refractivity (Wildman–Crippen MR) is 79.4 cm³/mol. The lowest BCUT2D eigenvalue weighted by atomic mass is 10.1. The number of nitrogens with two attached hydrogens (primary N) is 1. The van der Waals surface area contributed by atoms with Crippen LogP contribution in [-0.4, -0.2) is 5.91 Å². The summed E-state index contributed by atoms with van der Waals surface area (Å²) in [5, 5.41) is 2.90. The Labute approximate surface area is 113 Å². The van der Waals surface area contributed by atoms with Gasteiger partial charge in [-0.05, 0) is 54.8 Å². The number of aryl methyl sites for hydroxylation is 2. The first kappa shape index (κ1) is 13.1. The van der Waals surface area contributed by atoms with Gasteiger partial charge in [0.1, 0.15) is 0 Å². The van der Waals surface area contributed by atoms with E-state index in [0.717, 1.165) is 17.7 Å². The molecule has 0 saturated carbocycles. The first-order valence-corrected chi connectivity index (χ1v) is 6.36. The molecule has 0 aliphatic heterocycles. The second kappa shape index (κ2) is 5.57. The highest BCUT2D eigenvalue weighted by Crippen LogP contribution is 2.18. The van der Waals surface area contributed by atoms with Gasteiger partial charge in [-0.3, -0.25) is 4.79 Å². The van der Waals surface area contributed by atoms with E-state index in [1.165, 1.54) is 5.56 Å². The summed E-state index contributed by atoms with van der Waals surface area (Å²) >= 11 is 0. The molecule has 0 aromatic heterocycles. The molecule has 2 aromatic carbocycles. The molecular formula is C16H18N2O. The standard InChI is InChI=1S/C16H18N2O/c1-3-12-4-6-13(7-5-12)16(19)18-15-9-8-14(17)10-11(15)2/h4-10H,3,17H2,1-2H3,(H,18,19). The number of rotatable bonds is 3. The average molecular weight is 254 g/mol. The smallest absolute Gasteiger partial charge is 0.255 e. The van der Waals surface area contributed by atoms with Crippen molar-refractivity contribution in [3.05, 3.63) is 59.2 Å². The molecule has 1 amide bonds. The van der Waals surface area contributed by atoms with Crippen LogP contribution >= 0.6 is 0 Å². The van der Waals surface area contributed by atoms with Crippen molar-refractivity contribution in [1.82, 2.24) is 0 Å². The van der Waals surface area contributed by atoms with Crippen molar-refractivity contribution in [1.29, 1.82) is 0 Å². The van der Waals surface area contributed by atoms with Gasteiger partial charge in [-0.15, -0.1) is 0 Å². The van der Waals surface area contributed by atoms with Crippen LogP contribution in [0.15, 0.2) is 42.5 Å². The SMILES string of the molecule is CCc1ccc(C(=O)Nc2ccc(N)cc2C)cc1. The van der Waals surface area contributed by atoms with Gasteiger partial charge < -0.3 is 11.1 Å². The van der Waals surface area contributed by atoms with Crippen LogP contribution in [0.25, 0.3) is 0 Å². The van der Waals surface area contributed by atoms with Crippen molar-refractivity contribution in [3.8, 4) is 0 Å². The zero-order valence-corrected chi connectivity index (χ0v) is 11.2. The van der Waals surface area contributed by atoms with Gasteiger partial charge in [0.25, 0.3) is 5.91 Å². The predicted octanol–water partition coefficient (Wildman–Crippen LogP) is 3.39. The molecule has 2 aromatic rings. The lowest BCUT2D eigenvalue weighted by molar-refractivity contribution is 0.102. The molecule has 3 N–H and O–H groups in total. The summed E-state index contributed by atoms with van der Waals surface area (Å²) in [6, 6.07) is 13.1. The van der Waals surface area contributed by atoms with Crippen LogP contribution in [0.2, 0.25) is 0 Å². The van der Waals surface area contributed by atoms with Crippen molar-refractivity contribution in [2.75, 3.05) is 11.1 Å². The number of nitrogens with one attached hydrogen (secondary N) is 1. The van der Waals surface area contributed by atoms with Crippen molar-refractivity contribution in [2.24, 2.45) is 0 Å². The van der Waals surface area contributed by atoms with E-state index in [0.29, 0.717) is 11.3 Å². The van der Waals surface area contributed by atoms with E-state index in [1.807, 2.05) is 43.3 Å².